The van der Waals surface area contributed by atoms with Gasteiger partial charge in [0.15, 0.2) is 12.1 Å². The largest absolute Gasteiger partial charge is 0.483 e. The van der Waals surface area contributed by atoms with Crippen LogP contribution in [0.25, 0.3) is 0 Å². The Morgan fingerprint density at radius 3 is 1.79 bits per heavy atom. The van der Waals surface area contributed by atoms with Crippen molar-refractivity contribution >= 4 is 23.8 Å². The van der Waals surface area contributed by atoms with Crippen LogP contribution in [0.3, 0.4) is 0 Å². The van der Waals surface area contributed by atoms with Crippen molar-refractivity contribution in [3.63, 3.8) is 0 Å². The van der Waals surface area contributed by atoms with E-state index in [2.05, 4.69) is 31.0 Å². The number of carboxylic acid groups (broad SMARTS) is 1. The molecular formula is C24H44N4O6. The van der Waals surface area contributed by atoms with Crippen molar-refractivity contribution in [2.24, 2.45) is 0 Å². The van der Waals surface area contributed by atoms with Gasteiger partial charge in [0.1, 0.15) is 11.6 Å². The van der Waals surface area contributed by atoms with E-state index in [4.69, 9.17) is 14.6 Å². The van der Waals surface area contributed by atoms with Crippen LogP contribution < -0.4 is 0 Å². The molecule has 1 aromatic rings. The van der Waals surface area contributed by atoms with Gasteiger partial charge in [0.25, 0.3) is 6.47 Å². The quantitative estimate of drug-likeness (QED) is 0.377. The zero-order chi connectivity index (χ0) is 25.6. The standard InChI is InChI=1S/C9H22N2O.C7H8N2O.C6H8O2.CH2O2.CH4/c1-9(2,3)12-8(10(4)5)11(6)7;10-7-3-1-2-6-5(7)4-8-9-6;7-5-2-1-3-6(8)4-5;2-1-3;/h8H,1-7H3;4H,1-3H2,(H,8,9);1-4H2;1H,(H,2,3);1H4. The molecule has 1 fully saturated rings. The van der Waals surface area contributed by atoms with Crippen molar-refractivity contribution < 1.29 is 29.0 Å². The lowest BCUT2D eigenvalue weighted by Crippen LogP contribution is -2.46. The van der Waals surface area contributed by atoms with Gasteiger partial charge in [0.2, 0.25) is 0 Å². The maximum absolute atomic E-state index is 11.1. The van der Waals surface area contributed by atoms with Crippen LogP contribution in [-0.2, 0) is 25.5 Å². The molecule has 0 radical (unpaired) electrons. The normalized spacial score (nSPS) is 15.2. The second kappa shape index (κ2) is 17.1. The molecule has 0 unspecified atom stereocenters. The monoisotopic (exact) mass is 484 g/mol. The highest BCUT2D eigenvalue weighted by Crippen LogP contribution is 2.17. The highest BCUT2D eigenvalue weighted by molar-refractivity contribution is 6.01. The first-order valence-electron chi connectivity index (χ1n) is 11.0. The average molecular weight is 485 g/mol. The number of fused-ring (bicyclic) bond motifs is 1. The van der Waals surface area contributed by atoms with Crippen LogP contribution in [0.5, 0.6) is 0 Å². The molecule has 1 aromatic heterocycles. The van der Waals surface area contributed by atoms with E-state index >= 15 is 0 Å². The molecule has 196 valence electrons. The fourth-order valence-electron chi connectivity index (χ4n) is 3.17. The molecule has 0 aliphatic heterocycles. The van der Waals surface area contributed by atoms with E-state index in [0.29, 0.717) is 19.3 Å². The van der Waals surface area contributed by atoms with E-state index in [1.54, 1.807) is 6.20 Å². The number of carbonyl (C=O) groups is 4. The van der Waals surface area contributed by atoms with E-state index in [1.165, 1.54) is 0 Å². The van der Waals surface area contributed by atoms with Crippen molar-refractivity contribution in [3.8, 4) is 0 Å². The highest BCUT2D eigenvalue weighted by Gasteiger charge is 2.22. The Hall–Kier alpha value is -2.43. The number of ether oxygens (including phenoxy) is 1. The van der Waals surface area contributed by atoms with Gasteiger partial charge in [-0.3, -0.25) is 34.1 Å². The van der Waals surface area contributed by atoms with Gasteiger partial charge in [-0.05, 0) is 68.2 Å². The molecule has 0 saturated heterocycles. The number of aromatic nitrogens is 2. The lowest BCUT2D eigenvalue weighted by atomic mass is 9.97. The van der Waals surface area contributed by atoms with Crippen LogP contribution in [0.15, 0.2) is 6.20 Å². The summed E-state index contributed by atoms with van der Waals surface area (Å²) < 4.78 is 5.81. The van der Waals surface area contributed by atoms with Crippen LogP contribution in [0.2, 0.25) is 0 Å². The topological polar surface area (TPSA) is 133 Å². The first-order chi connectivity index (χ1) is 15.3. The number of H-pyrrole nitrogens is 1. The minimum absolute atomic E-state index is 0. The molecule has 0 amide bonds. The summed E-state index contributed by atoms with van der Waals surface area (Å²) in [6.45, 7) is 5.94. The Labute approximate surface area is 204 Å². The Balaban J connectivity index is 0. The van der Waals surface area contributed by atoms with E-state index in [1.807, 2.05) is 38.0 Å². The number of aryl methyl sites for hydroxylation is 1. The van der Waals surface area contributed by atoms with Gasteiger partial charge < -0.3 is 9.84 Å². The number of hydrogen-bond acceptors (Lipinski definition) is 8. The number of nitrogens with one attached hydrogen (secondary N) is 1. The van der Waals surface area contributed by atoms with Crippen LogP contribution in [-0.4, -0.2) is 89.1 Å². The minimum Gasteiger partial charge on any atom is -0.483 e. The first-order valence-corrected chi connectivity index (χ1v) is 11.0. The molecule has 34 heavy (non-hydrogen) atoms. The van der Waals surface area contributed by atoms with Crippen molar-refractivity contribution in [1.29, 1.82) is 0 Å². The Bertz CT molecular complexity index is 731. The molecule has 1 heterocycles. The molecule has 1 saturated carbocycles. The molecule has 2 aliphatic rings. The van der Waals surface area contributed by atoms with Crippen molar-refractivity contribution in [1.82, 2.24) is 20.0 Å². The third-order valence-electron chi connectivity index (χ3n) is 4.50. The number of rotatable bonds is 3. The Morgan fingerprint density at radius 1 is 1.00 bits per heavy atom. The summed E-state index contributed by atoms with van der Waals surface area (Å²) in [6, 6.07) is 0. The summed E-state index contributed by atoms with van der Waals surface area (Å²) in [5, 5.41) is 13.5. The van der Waals surface area contributed by atoms with Gasteiger partial charge in [0, 0.05) is 25.0 Å². The molecule has 0 bridgehead atoms. The van der Waals surface area contributed by atoms with Crippen LogP contribution in [0.4, 0.5) is 0 Å². The SMILES string of the molecule is C.CN(C)C(OC(C)(C)C)N(C)C.O=C1CCCC(=O)C1.O=C1CCCc2[nH]ncc21.O=CO. The van der Waals surface area contributed by atoms with Gasteiger partial charge in [-0.15, -0.1) is 0 Å². The van der Waals surface area contributed by atoms with Crippen molar-refractivity contribution in [3.05, 3.63) is 17.5 Å². The molecule has 3 rings (SSSR count). The van der Waals surface area contributed by atoms with Crippen LogP contribution in [0.1, 0.15) is 82.8 Å². The maximum atomic E-state index is 11.1. The minimum atomic E-state index is -0.250. The van der Waals surface area contributed by atoms with Crippen molar-refractivity contribution in [2.45, 2.75) is 85.1 Å². The number of aromatic amines is 1. The zero-order valence-electron chi connectivity index (χ0n) is 21.0. The van der Waals surface area contributed by atoms with Gasteiger partial charge in [0.05, 0.1) is 23.8 Å². The number of carbonyl (C=O) groups excluding carboxylic acids is 3. The summed E-state index contributed by atoms with van der Waals surface area (Å²) in [7, 11) is 8.04. The van der Waals surface area contributed by atoms with E-state index in [-0.39, 0.29) is 49.6 Å². The summed E-state index contributed by atoms with van der Waals surface area (Å²) in [5.41, 5.74) is 1.71. The summed E-state index contributed by atoms with van der Waals surface area (Å²) in [4.78, 5) is 44.4. The molecule has 2 N–H and O–H groups in total. The lowest BCUT2D eigenvalue weighted by molar-refractivity contribution is -0.179. The van der Waals surface area contributed by atoms with Crippen molar-refractivity contribution in [2.75, 3.05) is 28.2 Å². The maximum Gasteiger partial charge on any atom is 0.290 e. The van der Waals surface area contributed by atoms with Crippen LogP contribution >= 0.6 is 0 Å². The molecular weight excluding hydrogens is 440 g/mol. The molecule has 10 nitrogen and oxygen atoms in total. The third kappa shape index (κ3) is 14.7. The van der Waals surface area contributed by atoms with E-state index in [9.17, 15) is 14.4 Å². The number of nitrogens with zero attached hydrogens (tertiary/aromatic N) is 3. The molecule has 0 atom stereocenters. The second-order valence-corrected chi connectivity index (χ2v) is 9.24. The Morgan fingerprint density at radius 2 is 1.47 bits per heavy atom. The van der Waals surface area contributed by atoms with Gasteiger partial charge in [-0.2, -0.15) is 5.10 Å². The van der Waals surface area contributed by atoms with E-state index in [0.717, 1.165) is 30.5 Å². The lowest BCUT2D eigenvalue weighted by Gasteiger charge is -2.35. The molecule has 0 aromatic carbocycles. The predicted molar refractivity (Wildman–Crippen MR) is 132 cm³/mol. The summed E-state index contributed by atoms with van der Waals surface area (Å²) in [5.74, 6) is 0.456. The first kappa shape index (κ1) is 33.7. The molecule has 10 heteroatoms. The Kier molecular flexibility index (Phi) is 16.9. The number of ketones is 3. The molecule has 0 spiro atoms. The smallest absolute Gasteiger partial charge is 0.290 e. The second-order valence-electron chi connectivity index (χ2n) is 9.24. The van der Waals surface area contributed by atoms with Gasteiger partial charge in [-0.25, -0.2) is 0 Å². The number of Topliss-reactive ketones (excluding diaryl/α,β-unsaturated/α-hetero) is 3. The number of hydrogen-bond donors (Lipinski definition) is 2. The van der Waals surface area contributed by atoms with E-state index < -0.39 is 0 Å². The fourth-order valence-corrected chi connectivity index (χ4v) is 3.17. The van der Waals surface area contributed by atoms with Gasteiger partial charge in [-0.1, -0.05) is 7.43 Å². The predicted octanol–water partition coefficient (Wildman–Crippen LogP) is 3.17. The zero-order valence-corrected chi connectivity index (χ0v) is 21.0. The van der Waals surface area contributed by atoms with Crippen LogP contribution in [0, 0.1) is 0 Å². The molecule has 2 aliphatic carbocycles. The van der Waals surface area contributed by atoms with Gasteiger partial charge >= 0.3 is 0 Å². The highest BCUT2D eigenvalue weighted by atomic mass is 16.5. The summed E-state index contributed by atoms with van der Waals surface area (Å²) >= 11 is 0. The average Bonchev–Trinajstić information content (AvgIpc) is 3.17. The fraction of sp³-hybridized carbons (Fsp3) is 0.708. The summed E-state index contributed by atoms with van der Waals surface area (Å²) in [6.07, 6.45) is 6.50. The third-order valence-corrected chi connectivity index (χ3v) is 4.50.